The summed E-state index contributed by atoms with van der Waals surface area (Å²) in [5.41, 5.74) is 0.0566. The normalized spacial score (nSPS) is 19.5. The van der Waals surface area contributed by atoms with Crippen LogP contribution in [0.3, 0.4) is 0 Å². The summed E-state index contributed by atoms with van der Waals surface area (Å²) in [6.07, 6.45) is 2.80. The Hall–Kier alpha value is -3.29. The predicted molar refractivity (Wildman–Crippen MR) is 134 cm³/mol. The van der Waals surface area contributed by atoms with E-state index in [0.29, 0.717) is 29.7 Å². The number of hydrogen-bond acceptors (Lipinski definition) is 10. The summed E-state index contributed by atoms with van der Waals surface area (Å²) >= 11 is 6.42. The summed E-state index contributed by atoms with van der Waals surface area (Å²) in [5, 5.41) is 2.74. The van der Waals surface area contributed by atoms with Gasteiger partial charge in [0.1, 0.15) is 21.8 Å². The molecular weight excluding hydrogens is 494 g/mol. The van der Waals surface area contributed by atoms with Gasteiger partial charge in [-0.15, -0.1) is 0 Å². The standard InChI is InChI=1S/C22H23N5O6S2/c1-32-10-9-27-21(31)15(35-22(27)34)11-13-18(24-16-5-3-4-7-26(16)20(13)30)25-8-6-23-19(29)14(25)12-17(28)33-2/h3-5,7,11,14H,6,8-10,12H2,1-2H3,(H,23,29)/b15-11-/t14-/m1/s1. The molecule has 4 rings (SSSR count). The van der Waals surface area contributed by atoms with E-state index in [-0.39, 0.29) is 41.1 Å². The molecule has 0 aromatic carbocycles. The van der Waals surface area contributed by atoms with Crippen LogP contribution in [0.15, 0.2) is 34.1 Å². The van der Waals surface area contributed by atoms with E-state index >= 15 is 0 Å². The predicted octanol–water partition coefficient (Wildman–Crippen LogP) is 0.410. The second-order valence-corrected chi connectivity index (χ2v) is 9.37. The van der Waals surface area contributed by atoms with Crippen molar-refractivity contribution < 1.29 is 23.9 Å². The van der Waals surface area contributed by atoms with Crippen LogP contribution in [-0.2, 0) is 23.9 Å². The molecule has 2 saturated heterocycles. The minimum absolute atomic E-state index is 0.116. The lowest BCUT2D eigenvalue weighted by atomic mass is 10.1. The molecule has 2 aliphatic heterocycles. The fourth-order valence-corrected chi connectivity index (χ4v) is 5.15. The van der Waals surface area contributed by atoms with Crippen molar-refractivity contribution in [3.8, 4) is 0 Å². The fraction of sp³-hybridized carbons (Fsp3) is 0.364. The number of carbonyl (C=O) groups excluding carboxylic acids is 3. The Kier molecular flexibility index (Phi) is 7.48. The zero-order valence-electron chi connectivity index (χ0n) is 19.1. The monoisotopic (exact) mass is 517 g/mol. The van der Waals surface area contributed by atoms with Crippen molar-refractivity contribution in [1.82, 2.24) is 19.6 Å². The lowest BCUT2D eigenvalue weighted by Crippen LogP contribution is -2.57. The third-order valence-corrected chi connectivity index (χ3v) is 6.99. The highest BCUT2D eigenvalue weighted by atomic mass is 32.2. The first-order valence-corrected chi connectivity index (χ1v) is 11.9. The van der Waals surface area contributed by atoms with E-state index in [1.165, 1.54) is 29.6 Å². The van der Waals surface area contributed by atoms with Crippen LogP contribution in [0.1, 0.15) is 12.0 Å². The average Bonchev–Trinajstić information content (AvgIpc) is 3.12. The molecular formula is C22H23N5O6S2. The minimum atomic E-state index is -0.933. The van der Waals surface area contributed by atoms with Crippen molar-refractivity contribution in [2.75, 3.05) is 45.4 Å². The van der Waals surface area contributed by atoms with E-state index in [9.17, 15) is 19.2 Å². The highest BCUT2D eigenvalue weighted by Gasteiger charge is 2.36. The number of nitrogens with zero attached hydrogens (tertiary/aromatic N) is 4. The number of piperazine rings is 1. The van der Waals surface area contributed by atoms with Gasteiger partial charge in [0.15, 0.2) is 0 Å². The summed E-state index contributed by atoms with van der Waals surface area (Å²) < 4.78 is 11.5. The number of carbonyl (C=O) groups is 3. The molecule has 13 heteroatoms. The summed E-state index contributed by atoms with van der Waals surface area (Å²) in [7, 11) is 2.77. The molecule has 1 atom stereocenters. The highest BCUT2D eigenvalue weighted by molar-refractivity contribution is 8.26. The Bertz CT molecular complexity index is 1290. The zero-order valence-corrected chi connectivity index (χ0v) is 20.7. The number of esters is 1. The van der Waals surface area contributed by atoms with Crippen LogP contribution in [0.5, 0.6) is 0 Å². The lowest BCUT2D eigenvalue weighted by Gasteiger charge is -2.36. The Morgan fingerprint density at radius 3 is 2.86 bits per heavy atom. The number of amides is 2. The highest BCUT2D eigenvalue weighted by Crippen LogP contribution is 2.34. The number of methoxy groups -OCH3 is 2. The Labute approximate surface area is 210 Å². The Morgan fingerprint density at radius 1 is 1.31 bits per heavy atom. The van der Waals surface area contributed by atoms with Crippen LogP contribution in [0, 0.1) is 0 Å². The second kappa shape index (κ2) is 10.5. The SMILES string of the molecule is COCCN1C(=O)/C(=C/c2c(N3CCNC(=O)[C@H]3CC(=O)OC)nc3ccccn3c2=O)SC1=S. The maximum absolute atomic E-state index is 13.6. The fourth-order valence-electron chi connectivity index (χ4n) is 3.86. The first-order valence-electron chi connectivity index (χ1n) is 10.7. The number of aromatic nitrogens is 2. The van der Waals surface area contributed by atoms with Gasteiger partial charge in [-0.05, 0) is 18.2 Å². The largest absolute Gasteiger partial charge is 0.469 e. The first-order chi connectivity index (χ1) is 16.8. The molecule has 2 amide bonds. The molecule has 11 nitrogen and oxygen atoms in total. The van der Waals surface area contributed by atoms with Crippen molar-refractivity contribution >= 4 is 63.6 Å². The molecule has 0 saturated carbocycles. The molecule has 35 heavy (non-hydrogen) atoms. The summed E-state index contributed by atoms with van der Waals surface area (Å²) in [6.45, 7) is 1.19. The van der Waals surface area contributed by atoms with Crippen LogP contribution in [-0.4, -0.2) is 82.9 Å². The van der Waals surface area contributed by atoms with Crippen LogP contribution < -0.4 is 15.8 Å². The number of thiocarbonyl (C=S) groups is 1. The average molecular weight is 518 g/mol. The van der Waals surface area contributed by atoms with Crippen molar-refractivity contribution in [3.05, 3.63) is 45.2 Å². The van der Waals surface area contributed by atoms with Gasteiger partial charge in [0.05, 0.1) is 37.2 Å². The molecule has 0 unspecified atom stereocenters. The van der Waals surface area contributed by atoms with Gasteiger partial charge < -0.3 is 19.7 Å². The van der Waals surface area contributed by atoms with Gasteiger partial charge in [-0.3, -0.25) is 28.5 Å². The van der Waals surface area contributed by atoms with Gasteiger partial charge >= 0.3 is 5.97 Å². The Morgan fingerprint density at radius 2 is 2.11 bits per heavy atom. The third kappa shape index (κ3) is 4.92. The van der Waals surface area contributed by atoms with Gasteiger partial charge in [0, 0.05) is 26.4 Å². The molecule has 1 N–H and O–H groups in total. The summed E-state index contributed by atoms with van der Waals surface area (Å²) in [5.74, 6) is -1.10. The van der Waals surface area contributed by atoms with Crippen LogP contribution in [0.25, 0.3) is 11.7 Å². The van der Waals surface area contributed by atoms with E-state index < -0.39 is 17.6 Å². The number of rotatable bonds is 7. The van der Waals surface area contributed by atoms with E-state index in [0.717, 1.165) is 11.8 Å². The molecule has 2 aliphatic rings. The van der Waals surface area contributed by atoms with Gasteiger partial charge in [0.25, 0.3) is 11.5 Å². The van der Waals surface area contributed by atoms with E-state index in [2.05, 4.69) is 10.3 Å². The molecule has 0 radical (unpaired) electrons. The number of ether oxygens (including phenoxy) is 2. The van der Waals surface area contributed by atoms with Gasteiger partial charge in [0.2, 0.25) is 5.91 Å². The van der Waals surface area contributed by atoms with Crippen LogP contribution in [0.4, 0.5) is 5.82 Å². The number of pyridine rings is 1. The Balaban J connectivity index is 1.85. The van der Waals surface area contributed by atoms with Crippen molar-refractivity contribution in [3.63, 3.8) is 0 Å². The number of hydrogen-bond donors (Lipinski definition) is 1. The third-order valence-electron chi connectivity index (χ3n) is 5.61. The number of nitrogens with one attached hydrogen (secondary N) is 1. The number of fused-ring (bicyclic) bond motifs is 1. The summed E-state index contributed by atoms with van der Waals surface area (Å²) in [4.78, 5) is 59.2. The van der Waals surface area contributed by atoms with Gasteiger partial charge in [-0.25, -0.2) is 4.98 Å². The van der Waals surface area contributed by atoms with E-state index in [1.807, 2.05) is 0 Å². The molecule has 0 aliphatic carbocycles. The molecule has 0 spiro atoms. The van der Waals surface area contributed by atoms with Crippen LogP contribution in [0.2, 0.25) is 0 Å². The smallest absolute Gasteiger partial charge is 0.308 e. The molecule has 2 aromatic rings. The van der Waals surface area contributed by atoms with Crippen LogP contribution >= 0.6 is 24.0 Å². The van der Waals surface area contributed by atoms with Crippen molar-refractivity contribution in [1.29, 1.82) is 0 Å². The van der Waals surface area contributed by atoms with E-state index in [4.69, 9.17) is 21.7 Å². The lowest BCUT2D eigenvalue weighted by molar-refractivity contribution is -0.143. The molecule has 0 bridgehead atoms. The zero-order chi connectivity index (χ0) is 25.1. The molecule has 2 aromatic heterocycles. The number of thioether (sulfide) groups is 1. The summed E-state index contributed by atoms with van der Waals surface area (Å²) in [6, 6.07) is 4.16. The van der Waals surface area contributed by atoms with Gasteiger partial charge in [-0.1, -0.05) is 30.0 Å². The first kappa shape index (κ1) is 24.8. The maximum Gasteiger partial charge on any atom is 0.308 e. The second-order valence-electron chi connectivity index (χ2n) is 7.69. The van der Waals surface area contributed by atoms with Crippen molar-refractivity contribution in [2.45, 2.75) is 12.5 Å². The molecule has 184 valence electrons. The van der Waals surface area contributed by atoms with E-state index in [1.54, 1.807) is 29.3 Å². The van der Waals surface area contributed by atoms with Crippen molar-refractivity contribution in [2.24, 2.45) is 0 Å². The maximum atomic E-state index is 13.6. The minimum Gasteiger partial charge on any atom is -0.469 e. The van der Waals surface area contributed by atoms with Gasteiger partial charge in [-0.2, -0.15) is 0 Å². The quantitative estimate of drug-likeness (QED) is 0.314. The molecule has 2 fully saturated rings. The molecule has 4 heterocycles. The topological polar surface area (TPSA) is 123 Å². The number of anilines is 1.